The van der Waals surface area contributed by atoms with Crippen molar-refractivity contribution in [2.75, 3.05) is 12.3 Å². The van der Waals surface area contributed by atoms with Crippen molar-refractivity contribution in [3.8, 4) is 0 Å². The molecule has 2 unspecified atom stereocenters. The lowest BCUT2D eigenvalue weighted by molar-refractivity contribution is -0.148. The smallest absolute Gasteiger partial charge is 0.326 e. The number of rotatable bonds is 6. The van der Waals surface area contributed by atoms with E-state index < -0.39 is 28.0 Å². The maximum Gasteiger partial charge on any atom is 0.326 e. The molecule has 3 N–H and O–H groups in total. The van der Waals surface area contributed by atoms with E-state index in [1.165, 1.54) is 11.1 Å². The molecular formula is C13H17N3O5S. The monoisotopic (exact) mass is 327 g/mol. The number of hydrogen-bond acceptors (Lipinski definition) is 5. The Morgan fingerprint density at radius 2 is 2.27 bits per heavy atom. The molecule has 0 radical (unpaired) electrons. The minimum atomic E-state index is -3.70. The van der Waals surface area contributed by atoms with Crippen LogP contribution in [0.4, 0.5) is 0 Å². The number of pyridine rings is 1. The van der Waals surface area contributed by atoms with Crippen LogP contribution in [0.3, 0.4) is 0 Å². The van der Waals surface area contributed by atoms with E-state index in [9.17, 15) is 23.1 Å². The molecule has 0 saturated carbocycles. The number of hydrogen-bond donors (Lipinski definition) is 2. The first-order valence-corrected chi connectivity index (χ1v) is 8.39. The van der Waals surface area contributed by atoms with Crippen LogP contribution < -0.4 is 5.14 Å². The zero-order valence-electron chi connectivity index (χ0n) is 11.8. The van der Waals surface area contributed by atoms with Gasteiger partial charge in [0.25, 0.3) is 0 Å². The van der Waals surface area contributed by atoms with Gasteiger partial charge >= 0.3 is 5.97 Å². The summed E-state index contributed by atoms with van der Waals surface area (Å²) in [6.07, 6.45) is 3.23. The van der Waals surface area contributed by atoms with Crippen molar-refractivity contribution in [2.24, 2.45) is 11.1 Å². The molecule has 1 amide bonds. The molecule has 1 aromatic rings. The van der Waals surface area contributed by atoms with Crippen LogP contribution in [0.25, 0.3) is 0 Å². The second kappa shape index (κ2) is 6.41. The first-order valence-electron chi connectivity index (χ1n) is 6.68. The Morgan fingerprint density at radius 3 is 2.82 bits per heavy atom. The van der Waals surface area contributed by atoms with Crippen LogP contribution in [-0.2, 0) is 26.0 Å². The van der Waals surface area contributed by atoms with Gasteiger partial charge in [-0.05, 0) is 11.6 Å². The molecule has 1 aliphatic heterocycles. The normalized spacial score (nSPS) is 20.1. The SMILES string of the molecule is NS(=O)(=O)CC1CC(=O)N(C(Cc2cccnc2)C(=O)O)C1. The molecule has 0 aliphatic carbocycles. The molecule has 1 saturated heterocycles. The van der Waals surface area contributed by atoms with Gasteiger partial charge in [0.15, 0.2) is 0 Å². The molecule has 2 heterocycles. The molecule has 2 atom stereocenters. The fraction of sp³-hybridized carbons (Fsp3) is 0.462. The van der Waals surface area contributed by atoms with Gasteiger partial charge in [0.05, 0.1) is 5.75 Å². The van der Waals surface area contributed by atoms with Crippen LogP contribution >= 0.6 is 0 Å². The third-order valence-electron chi connectivity index (χ3n) is 3.52. The van der Waals surface area contributed by atoms with Gasteiger partial charge in [0.1, 0.15) is 6.04 Å². The fourth-order valence-electron chi connectivity index (χ4n) is 2.62. The molecule has 1 fully saturated rings. The first-order chi connectivity index (χ1) is 10.3. The van der Waals surface area contributed by atoms with Gasteiger partial charge in [0, 0.05) is 37.7 Å². The minimum Gasteiger partial charge on any atom is -0.480 e. The lowest BCUT2D eigenvalue weighted by Crippen LogP contribution is -2.44. The zero-order valence-corrected chi connectivity index (χ0v) is 12.6. The second-order valence-corrected chi connectivity index (χ2v) is 7.02. The first kappa shape index (κ1) is 16.4. The Morgan fingerprint density at radius 1 is 1.55 bits per heavy atom. The predicted molar refractivity (Wildman–Crippen MR) is 77.2 cm³/mol. The topological polar surface area (TPSA) is 131 Å². The largest absolute Gasteiger partial charge is 0.480 e. The highest BCUT2D eigenvalue weighted by Crippen LogP contribution is 2.23. The minimum absolute atomic E-state index is 0.00670. The Kier molecular flexibility index (Phi) is 4.77. The number of carbonyl (C=O) groups is 2. The summed E-state index contributed by atoms with van der Waals surface area (Å²) in [7, 11) is -3.70. The highest BCUT2D eigenvalue weighted by Gasteiger charge is 2.38. The van der Waals surface area contributed by atoms with Crippen LogP contribution in [-0.4, -0.2) is 53.6 Å². The van der Waals surface area contributed by atoms with Crippen LogP contribution in [0.15, 0.2) is 24.5 Å². The molecule has 1 aliphatic rings. The number of nitrogens with zero attached hydrogens (tertiary/aromatic N) is 2. The summed E-state index contributed by atoms with van der Waals surface area (Å²) in [5.41, 5.74) is 0.692. The van der Waals surface area contributed by atoms with E-state index in [4.69, 9.17) is 5.14 Å². The molecule has 1 aromatic heterocycles. The second-order valence-electron chi connectivity index (χ2n) is 5.37. The number of sulfonamides is 1. The molecule has 2 rings (SSSR count). The number of carbonyl (C=O) groups excluding carboxylic acids is 1. The van der Waals surface area contributed by atoms with E-state index in [2.05, 4.69) is 4.98 Å². The van der Waals surface area contributed by atoms with Crippen molar-refractivity contribution < 1.29 is 23.1 Å². The quantitative estimate of drug-likeness (QED) is 0.704. The lowest BCUT2D eigenvalue weighted by atomic mass is 10.1. The fourth-order valence-corrected chi connectivity index (χ4v) is 3.50. The number of aliphatic carboxylic acids is 1. The van der Waals surface area contributed by atoms with Gasteiger partial charge in [-0.2, -0.15) is 0 Å². The third-order valence-corrected chi connectivity index (χ3v) is 4.46. The summed E-state index contributed by atoms with van der Waals surface area (Å²) in [5.74, 6) is -2.30. The number of primary sulfonamides is 1. The molecule has 9 heteroatoms. The zero-order chi connectivity index (χ0) is 16.3. The van der Waals surface area contributed by atoms with Gasteiger partial charge in [-0.3, -0.25) is 9.78 Å². The van der Waals surface area contributed by atoms with Crippen LogP contribution in [0.1, 0.15) is 12.0 Å². The standard InChI is InChI=1S/C13H17N3O5S/c14-22(20,21)8-10-5-12(17)16(7-10)11(13(18)19)4-9-2-1-3-15-6-9/h1-3,6,10-11H,4-5,7-8H2,(H,18,19)(H2,14,20,21). The Hall–Kier alpha value is -2.00. The van der Waals surface area contributed by atoms with Gasteiger partial charge < -0.3 is 10.0 Å². The van der Waals surface area contributed by atoms with E-state index in [1.54, 1.807) is 18.3 Å². The predicted octanol–water partition coefficient (Wildman–Crippen LogP) is -0.786. The third kappa shape index (κ3) is 4.25. The van der Waals surface area contributed by atoms with Crippen molar-refractivity contribution in [3.63, 3.8) is 0 Å². The summed E-state index contributed by atoms with van der Waals surface area (Å²) in [5, 5.41) is 14.4. The molecule has 0 spiro atoms. The van der Waals surface area contributed by atoms with Crippen molar-refractivity contribution in [2.45, 2.75) is 18.9 Å². The Balaban J connectivity index is 2.12. The van der Waals surface area contributed by atoms with E-state index >= 15 is 0 Å². The van der Waals surface area contributed by atoms with Crippen LogP contribution in [0.5, 0.6) is 0 Å². The molecule has 0 aromatic carbocycles. The number of likely N-dealkylation sites (tertiary alicyclic amines) is 1. The molecule has 8 nitrogen and oxygen atoms in total. The maximum absolute atomic E-state index is 12.0. The van der Waals surface area contributed by atoms with Gasteiger partial charge in [0.2, 0.25) is 15.9 Å². The number of amides is 1. The van der Waals surface area contributed by atoms with E-state index in [0.717, 1.165) is 0 Å². The number of aromatic nitrogens is 1. The summed E-state index contributed by atoms with van der Waals surface area (Å²) in [6, 6.07) is 2.37. The van der Waals surface area contributed by atoms with E-state index in [1.807, 2.05) is 0 Å². The highest BCUT2D eigenvalue weighted by molar-refractivity contribution is 7.89. The lowest BCUT2D eigenvalue weighted by Gasteiger charge is -2.24. The van der Waals surface area contributed by atoms with Gasteiger partial charge in [-0.1, -0.05) is 6.07 Å². The average molecular weight is 327 g/mol. The summed E-state index contributed by atoms with van der Waals surface area (Å²) in [4.78, 5) is 28.6. The summed E-state index contributed by atoms with van der Waals surface area (Å²) < 4.78 is 22.2. The molecule has 22 heavy (non-hydrogen) atoms. The van der Waals surface area contributed by atoms with Crippen LogP contribution in [0.2, 0.25) is 0 Å². The average Bonchev–Trinajstić information content (AvgIpc) is 2.75. The molecule has 0 bridgehead atoms. The number of carboxylic acid groups (broad SMARTS) is 1. The van der Waals surface area contributed by atoms with E-state index in [-0.39, 0.29) is 31.0 Å². The number of nitrogens with two attached hydrogens (primary N) is 1. The van der Waals surface area contributed by atoms with Gasteiger partial charge in [-0.15, -0.1) is 0 Å². The van der Waals surface area contributed by atoms with Crippen molar-refractivity contribution in [3.05, 3.63) is 30.1 Å². The summed E-state index contributed by atoms with van der Waals surface area (Å²) in [6.45, 7) is 0.0759. The van der Waals surface area contributed by atoms with Crippen molar-refractivity contribution in [1.82, 2.24) is 9.88 Å². The van der Waals surface area contributed by atoms with Crippen molar-refractivity contribution >= 4 is 21.9 Å². The Bertz CT molecular complexity index is 662. The molecular weight excluding hydrogens is 310 g/mol. The Labute approximate surface area is 128 Å². The number of carboxylic acids is 1. The van der Waals surface area contributed by atoms with Crippen molar-refractivity contribution in [1.29, 1.82) is 0 Å². The summed E-state index contributed by atoms with van der Waals surface area (Å²) >= 11 is 0. The molecule has 120 valence electrons. The van der Waals surface area contributed by atoms with E-state index in [0.29, 0.717) is 5.56 Å². The van der Waals surface area contributed by atoms with Gasteiger partial charge in [-0.25, -0.2) is 18.4 Å². The highest BCUT2D eigenvalue weighted by atomic mass is 32.2. The maximum atomic E-state index is 12.0. The van der Waals surface area contributed by atoms with Crippen LogP contribution in [0, 0.1) is 5.92 Å².